The standard InChI is InChI=1S/C27H30N2O5/c1-4-33-21-12-18(7-8-20(21)30)23-22-24(31)19-11-15(2)10-16(3)25(19)34-26(22)27(32)29(23)14-17-6-5-9-28-13-17/h5-9,12-13,15-16,19,23,25,30H,4,10-11,14H2,1-3H3. The number of ketones is 1. The van der Waals surface area contributed by atoms with E-state index in [1.54, 1.807) is 35.5 Å². The minimum atomic E-state index is -0.622. The predicted molar refractivity (Wildman–Crippen MR) is 125 cm³/mol. The number of benzene rings is 1. The number of Topliss-reactive ketones (excluding diaryl/α,β-unsaturated/α-hetero) is 1. The van der Waals surface area contributed by atoms with Crippen molar-refractivity contribution < 1.29 is 24.2 Å². The molecule has 7 heteroatoms. The molecule has 7 nitrogen and oxygen atoms in total. The van der Waals surface area contributed by atoms with Crippen LogP contribution in [0.3, 0.4) is 0 Å². The van der Waals surface area contributed by atoms with Crippen molar-refractivity contribution in [2.45, 2.75) is 52.3 Å². The van der Waals surface area contributed by atoms with E-state index in [1.807, 2.05) is 19.1 Å². The Morgan fingerprint density at radius 3 is 2.76 bits per heavy atom. The molecule has 1 aliphatic carbocycles. The van der Waals surface area contributed by atoms with Gasteiger partial charge in [-0.15, -0.1) is 0 Å². The molecule has 3 heterocycles. The first kappa shape index (κ1) is 22.4. The third-order valence-corrected chi connectivity index (χ3v) is 7.20. The molecular weight excluding hydrogens is 432 g/mol. The topological polar surface area (TPSA) is 89.0 Å². The summed E-state index contributed by atoms with van der Waals surface area (Å²) in [4.78, 5) is 33.5. The van der Waals surface area contributed by atoms with Gasteiger partial charge in [0.2, 0.25) is 0 Å². The van der Waals surface area contributed by atoms with Gasteiger partial charge in [-0.25, -0.2) is 0 Å². The second-order valence-electron chi connectivity index (χ2n) is 9.71. The lowest BCUT2D eigenvalue weighted by Gasteiger charge is -2.41. The highest BCUT2D eigenvalue weighted by molar-refractivity contribution is 6.11. The fourth-order valence-corrected chi connectivity index (χ4v) is 5.79. The Labute approximate surface area is 199 Å². The van der Waals surface area contributed by atoms with Gasteiger partial charge in [0.05, 0.1) is 24.1 Å². The number of ether oxygens (including phenoxy) is 2. The van der Waals surface area contributed by atoms with E-state index in [0.29, 0.717) is 29.4 Å². The Morgan fingerprint density at radius 1 is 1.21 bits per heavy atom. The average Bonchev–Trinajstić information content (AvgIpc) is 3.09. The number of aromatic hydroxyl groups is 1. The maximum absolute atomic E-state index is 13.9. The number of phenols is 1. The van der Waals surface area contributed by atoms with Crippen molar-refractivity contribution in [1.82, 2.24) is 9.88 Å². The minimum Gasteiger partial charge on any atom is -0.504 e. The van der Waals surface area contributed by atoms with Gasteiger partial charge in [0.15, 0.2) is 23.0 Å². The van der Waals surface area contributed by atoms with Crippen molar-refractivity contribution >= 4 is 11.7 Å². The zero-order chi connectivity index (χ0) is 24.0. The largest absolute Gasteiger partial charge is 0.504 e. The third kappa shape index (κ3) is 3.73. The minimum absolute atomic E-state index is 0.00252. The summed E-state index contributed by atoms with van der Waals surface area (Å²) < 4.78 is 11.9. The monoisotopic (exact) mass is 462 g/mol. The van der Waals surface area contributed by atoms with Crippen LogP contribution in [-0.4, -0.2) is 39.4 Å². The van der Waals surface area contributed by atoms with E-state index in [0.717, 1.165) is 18.4 Å². The van der Waals surface area contributed by atoms with Crippen LogP contribution in [-0.2, 0) is 20.9 Å². The molecule has 5 unspecified atom stereocenters. The number of carbonyl (C=O) groups excluding carboxylic acids is 2. The predicted octanol–water partition coefficient (Wildman–Crippen LogP) is 4.17. The molecule has 5 atom stereocenters. The number of amides is 1. The van der Waals surface area contributed by atoms with Crippen molar-refractivity contribution in [3.63, 3.8) is 0 Å². The molecule has 2 aliphatic heterocycles. The Kier molecular flexibility index (Phi) is 5.80. The smallest absolute Gasteiger partial charge is 0.290 e. The number of hydrogen-bond acceptors (Lipinski definition) is 6. The number of nitrogens with zero attached hydrogens (tertiary/aromatic N) is 2. The van der Waals surface area contributed by atoms with Gasteiger partial charge in [0, 0.05) is 18.9 Å². The van der Waals surface area contributed by atoms with Gasteiger partial charge in [-0.2, -0.15) is 0 Å². The van der Waals surface area contributed by atoms with E-state index < -0.39 is 6.04 Å². The van der Waals surface area contributed by atoms with Crippen LogP contribution in [0.25, 0.3) is 0 Å². The van der Waals surface area contributed by atoms with E-state index in [1.165, 1.54) is 0 Å². The molecule has 0 saturated heterocycles. The van der Waals surface area contributed by atoms with Crippen molar-refractivity contribution in [2.75, 3.05) is 6.61 Å². The number of aromatic nitrogens is 1. The van der Waals surface area contributed by atoms with Crippen molar-refractivity contribution in [1.29, 1.82) is 0 Å². The second-order valence-corrected chi connectivity index (χ2v) is 9.71. The molecule has 5 rings (SSSR count). The zero-order valence-corrected chi connectivity index (χ0v) is 19.7. The molecule has 1 amide bonds. The van der Waals surface area contributed by atoms with E-state index in [9.17, 15) is 14.7 Å². The third-order valence-electron chi connectivity index (χ3n) is 7.20. The fourth-order valence-electron chi connectivity index (χ4n) is 5.79. The maximum atomic E-state index is 13.9. The highest BCUT2D eigenvalue weighted by Gasteiger charge is 2.54. The zero-order valence-electron chi connectivity index (χ0n) is 19.7. The quantitative estimate of drug-likeness (QED) is 0.717. The van der Waals surface area contributed by atoms with Gasteiger partial charge in [-0.3, -0.25) is 14.6 Å². The van der Waals surface area contributed by atoms with Crippen molar-refractivity contribution in [3.05, 3.63) is 65.2 Å². The molecule has 0 spiro atoms. The first-order chi connectivity index (χ1) is 16.4. The lowest BCUT2D eigenvalue weighted by molar-refractivity contribution is -0.139. The van der Waals surface area contributed by atoms with Gasteiger partial charge in [-0.05, 0) is 60.9 Å². The molecular formula is C27H30N2O5. The van der Waals surface area contributed by atoms with Crippen LogP contribution in [0, 0.1) is 17.8 Å². The van der Waals surface area contributed by atoms with Crippen molar-refractivity contribution in [3.8, 4) is 11.5 Å². The Morgan fingerprint density at radius 2 is 2.03 bits per heavy atom. The highest BCUT2D eigenvalue weighted by atomic mass is 16.5. The first-order valence-electron chi connectivity index (χ1n) is 12.0. The highest BCUT2D eigenvalue weighted by Crippen LogP contribution is 2.49. The SMILES string of the molecule is CCOc1cc(C2C3=C(OC4C(C)CC(C)CC4C3=O)C(=O)N2Cc2cccnc2)ccc1O. The summed E-state index contributed by atoms with van der Waals surface area (Å²) in [5, 5.41) is 10.2. The molecule has 2 aromatic rings. The lowest BCUT2D eigenvalue weighted by atomic mass is 9.70. The van der Waals surface area contributed by atoms with Crippen LogP contribution in [0.2, 0.25) is 0 Å². The molecule has 3 aliphatic rings. The molecule has 178 valence electrons. The van der Waals surface area contributed by atoms with Gasteiger partial charge in [0.1, 0.15) is 6.10 Å². The molecule has 0 bridgehead atoms. The molecule has 34 heavy (non-hydrogen) atoms. The number of carbonyl (C=O) groups is 2. The van der Waals surface area contributed by atoms with Crippen LogP contribution in [0.1, 0.15) is 50.8 Å². The van der Waals surface area contributed by atoms with E-state index in [4.69, 9.17) is 9.47 Å². The molecule has 1 fully saturated rings. The summed E-state index contributed by atoms with van der Waals surface area (Å²) in [6.45, 7) is 6.78. The van der Waals surface area contributed by atoms with Gasteiger partial charge in [-0.1, -0.05) is 26.0 Å². The van der Waals surface area contributed by atoms with E-state index in [2.05, 4.69) is 18.8 Å². The summed E-state index contributed by atoms with van der Waals surface area (Å²) in [6, 6.07) is 8.12. The number of rotatable bonds is 5. The Hall–Kier alpha value is -3.35. The number of phenolic OH excluding ortho intramolecular Hbond substituents is 1. The number of pyridine rings is 1. The second kappa shape index (κ2) is 8.78. The van der Waals surface area contributed by atoms with Crippen molar-refractivity contribution in [2.24, 2.45) is 17.8 Å². The summed E-state index contributed by atoms with van der Waals surface area (Å²) in [5.74, 6) is 0.598. The summed E-state index contributed by atoms with van der Waals surface area (Å²) in [5.41, 5.74) is 1.98. The van der Waals surface area contributed by atoms with Gasteiger partial charge >= 0.3 is 0 Å². The normalized spacial score (nSPS) is 28.4. The maximum Gasteiger partial charge on any atom is 0.290 e. The van der Waals surface area contributed by atoms with Crippen LogP contribution in [0.15, 0.2) is 54.1 Å². The number of fused-ring (bicyclic) bond motifs is 1. The molecule has 1 N–H and O–H groups in total. The first-order valence-corrected chi connectivity index (χ1v) is 12.0. The molecule has 0 radical (unpaired) electrons. The van der Waals surface area contributed by atoms with Crippen LogP contribution < -0.4 is 4.74 Å². The summed E-state index contributed by atoms with van der Waals surface area (Å²) >= 11 is 0. The molecule has 1 aromatic carbocycles. The molecule has 1 aromatic heterocycles. The van der Waals surface area contributed by atoms with Gasteiger partial charge < -0.3 is 19.5 Å². The van der Waals surface area contributed by atoms with Crippen LogP contribution in [0.4, 0.5) is 0 Å². The van der Waals surface area contributed by atoms with E-state index in [-0.39, 0.29) is 47.7 Å². The Bertz CT molecular complexity index is 1140. The van der Waals surface area contributed by atoms with E-state index >= 15 is 0 Å². The summed E-state index contributed by atoms with van der Waals surface area (Å²) in [6.07, 6.45) is 4.86. The number of hydrogen-bond donors (Lipinski definition) is 1. The average molecular weight is 463 g/mol. The summed E-state index contributed by atoms with van der Waals surface area (Å²) in [7, 11) is 0. The van der Waals surface area contributed by atoms with Gasteiger partial charge in [0.25, 0.3) is 5.91 Å². The lowest BCUT2D eigenvalue weighted by Crippen LogP contribution is -2.45. The molecule has 1 saturated carbocycles. The van der Waals surface area contributed by atoms with Crippen LogP contribution >= 0.6 is 0 Å². The van der Waals surface area contributed by atoms with Crippen LogP contribution in [0.5, 0.6) is 11.5 Å². The fraction of sp³-hybridized carbons (Fsp3) is 0.444. The Balaban J connectivity index is 1.61.